The zero-order valence-electron chi connectivity index (χ0n) is 16.0. The molecule has 0 spiro atoms. The summed E-state index contributed by atoms with van der Waals surface area (Å²) in [6, 6.07) is 10.3. The van der Waals surface area contributed by atoms with Crippen LogP contribution in [0.1, 0.15) is 35.9 Å². The van der Waals surface area contributed by atoms with Gasteiger partial charge in [0.2, 0.25) is 5.91 Å². The van der Waals surface area contributed by atoms with Crippen molar-refractivity contribution in [2.45, 2.75) is 38.5 Å². The Morgan fingerprint density at radius 3 is 2.93 bits per heavy atom. The van der Waals surface area contributed by atoms with Gasteiger partial charge in [-0.2, -0.15) is 11.8 Å². The first-order valence-electron chi connectivity index (χ1n) is 9.47. The SMILES string of the molecule is CCOC(=O)N1CCc2nc(NC(=O)CCCSCc3ccccc3)sc2C1. The van der Waals surface area contributed by atoms with Crippen LogP contribution < -0.4 is 5.32 Å². The maximum absolute atomic E-state index is 12.2. The Labute approximate surface area is 173 Å². The van der Waals surface area contributed by atoms with Crippen molar-refractivity contribution in [3.63, 3.8) is 0 Å². The molecule has 2 heterocycles. The number of nitrogens with zero attached hydrogens (tertiary/aromatic N) is 2. The van der Waals surface area contributed by atoms with Gasteiger partial charge in [0.05, 0.1) is 18.8 Å². The van der Waals surface area contributed by atoms with Crippen LogP contribution in [-0.2, 0) is 28.2 Å². The lowest BCUT2D eigenvalue weighted by Gasteiger charge is -2.24. The third kappa shape index (κ3) is 5.97. The first-order chi connectivity index (χ1) is 13.7. The van der Waals surface area contributed by atoms with E-state index < -0.39 is 0 Å². The van der Waals surface area contributed by atoms with Crippen LogP contribution in [0.2, 0.25) is 0 Å². The Bertz CT molecular complexity index is 795. The van der Waals surface area contributed by atoms with Crippen molar-refractivity contribution in [2.75, 3.05) is 24.2 Å². The van der Waals surface area contributed by atoms with Crippen LogP contribution in [-0.4, -0.2) is 40.8 Å². The van der Waals surface area contributed by atoms with Gasteiger partial charge >= 0.3 is 6.09 Å². The van der Waals surface area contributed by atoms with E-state index in [1.54, 1.807) is 11.8 Å². The van der Waals surface area contributed by atoms with E-state index in [-0.39, 0.29) is 12.0 Å². The number of fused-ring (bicyclic) bond motifs is 1. The standard InChI is InChI=1S/C20H25N3O3S2/c1-2-26-20(25)23-11-10-16-17(13-23)28-19(21-16)22-18(24)9-6-12-27-14-15-7-4-3-5-8-15/h3-5,7-8H,2,6,9-14H2,1H3,(H,21,22,24). The first-order valence-corrected chi connectivity index (χ1v) is 11.4. The molecular formula is C20H25N3O3S2. The maximum atomic E-state index is 12.2. The van der Waals surface area contributed by atoms with Crippen LogP contribution in [0.15, 0.2) is 30.3 Å². The molecule has 1 aromatic heterocycles. The van der Waals surface area contributed by atoms with Gasteiger partial charge in [0, 0.05) is 30.0 Å². The van der Waals surface area contributed by atoms with Crippen LogP contribution in [0, 0.1) is 0 Å². The Hall–Kier alpha value is -2.06. The fraction of sp³-hybridized carbons (Fsp3) is 0.450. The topological polar surface area (TPSA) is 71.5 Å². The summed E-state index contributed by atoms with van der Waals surface area (Å²) in [6.45, 7) is 3.27. The molecule has 8 heteroatoms. The largest absolute Gasteiger partial charge is 0.450 e. The van der Waals surface area contributed by atoms with Crippen molar-refractivity contribution in [1.29, 1.82) is 0 Å². The van der Waals surface area contributed by atoms with Gasteiger partial charge in [-0.15, -0.1) is 0 Å². The van der Waals surface area contributed by atoms with Crippen LogP contribution in [0.3, 0.4) is 0 Å². The second-order valence-corrected chi connectivity index (χ2v) is 8.64. The molecule has 0 bridgehead atoms. The van der Waals surface area contributed by atoms with E-state index in [4.69, 9.17) is 4.74 Å². The summed E-state index contributed by atoms with van der Waals surface area (Å²) in [5.41, 5.74) is 2.28. The third-order valence-electron chi connectivity index (χ3n) is 4.31. The number of carbonyl (C=O) groups is 2. The molecule has 1 aliphatic heterocycles. The Balaban J connectivity index is 1.39. The zero-order chi connectivity index (χ0) is 19.8. The molecule has 28 heavy (non-hydrogen) atoms. The molecule has 3 rings (SSSR count). The average Bonchev–Trinajstić information content (AvgIpc) is 3.10. The summed E-state index contributed by atoms with van der Waals surface area (Å²) in [5, 5.41) is 3.52. The summed E-state index contributed by atoms with van der Waals surface area (Å²) in [4.78, 5) is 31.3. The highest BCUT2D eigenvalue weighted by molar-refractivity contribution is 7.98. The van der Waals surface area contributed by atoms with Crippen LogP contribution >= 0.6 is 23.1 Å². The summed E-state index contributed by atoms with van der Waals surface area (Å²) in [7, 11) is 0. The number of ether oxygens (including phenoxy) is 1. The van der Waals surface area contributed by atoms with Gasteiger partial charge in [0.1, 0.15) is 0 Å². The van der Waals surface area contributed by atoms with E-state index in [2.05, 4.69) is 22.4 Å². The number of benzene rings is 1. The van der Waals surface area contributed by atoms with E-state index in [0.717, 1.165) is 28.5 Å². The molecule has 0 saturated carbocycles. The van der Waals surface area contributed by atoms with Gasteiger partial charge in [0.15, 0.2) is 5.13 Å². The highest BCUT2D eigenvalue weighted by atomic mass is 32.2. The lowest BCUT2D eigenvalue weighted by Crippen LogP contribution is -2.35. The Morgan fingerprint density at radius 2 is 2.14 bits per heavy atom. The number of nitrogens with one attached hydrogen (secondary N) is 1. The van der Waals surface area contributed by atoms with Crippen LogP contribution in [0.25, 0.3) is 0 Å². The van der Waals surface area contributed by atoms with Gasteiger partial charge in [0.25, 0.3) is 0 Å². The quantitative estimate of drug-likeness (QED) is 0.646. The lowest BCUT2D eigenvalue weighted by atomic mass is 10.2. The molecule has 1 aliphatic rings. The fourth-order valence-corrected chi connectivity index (χ4v) is 4.86. The molecule has 2 amide bonds. The van der Waals surface area contributed by atoms with Crippen molar-refractivity contribution in [1.82, 2.24) is 9.88 Å². The number of rotatable bonds is 8. The molecule has 0 unspecified atom stereocenters. The molecule has 2 aromatic rings. The molecule has 0 aliphatic carbocycles. The summed E-state index contributed by atoms with van der Waals surface area (Å²) in [5.74, 6) is 1.91. The third-order valence-corrected chi connectivity index (χ3v) is 6.42. The Kier molecular flexibility index (Phi) is 7.73. The number of thiazole rings is 1. The minimum absolute atomic E-state index is 0.00587. The molecule has 1 aromatic carbocycles. The first kappa shape index (κ1) is 20.7. The number of anilines is 1. The number of aromatic nitrogens is 1. The fourth-order valence-electron chi connectivity index (χ4n) is 2.90. The molecule has 0 radical (unpaired) electrons. The van der Waals surface area contributed by atoms with Crippen molar-refractivity contribution in [3.05, 3.63) is 46.5 Å². The minimum Gasteiger partial charge on any atom is -0.450 e. The second-order valence-electron chi connectivity index (χ2n) is 6.45. The number of carbonyl (C=O) groups excluding carboxylic acids is 2. The highest BCUT2D eigenvalue weighted by Crippen LogP contribution is 2.28. The molecule has 0 fully saturated rings. The van der Waals surface area contributed by atoms with Crippen molar-refractivity contribution in [3.8, 4) is 0 Å². The monoisotopic (exact) mass is 419 g/mol. The predicted molar refractivity (Wildman–Crippen MR) is 114 cm³/mol. The summed E-state index contributed by atoms with van der Waals surface area (Å²) in [6.07, 6.45) is 1.73. The smallest absolute Gasteiger partial charge is 0.410 e. The molecule has 0 saturated heterocycles. The number of amides is 2. The van der Waals surface area contributed by atoms with Gasteiger partial charge in [-0.05, 0) is 24.7 Å². The van der Waals surface area contributed by atoms with E-state index in [1.165, 1.54) is 16.9 Å². The van der Waals surface area contributed by atoms with Gasteiger partial charge in [-0.25, -0.2) is 9.78 Å². The van der Waals surface area contributed by atoms with Crippen LogP contribution in [0.4, 0.5) is 9.93 Å². The summed E-state index contributed by atoms with van der Waals surface area (Å²) >= 11 is 3.29. The van der Waals surface area contributed by atoms with Crippen molar-refractivity contribution in [2.24, 2.45) is 0 Å². The highest BCUT2D eigenvalue weighted by Gasteiger charge is 2.25. The maximum Gasteiger partial charge on any atom is 0.410 e. The van der Waals surface area contributed by atoms with E-state index in [9.17, 15) is 9.59 Å². The Morgan fingerprint density at radius 1 is 1.32 bits per heavy atom. The molecule has 0 atom stereocenters. The average molecular weight is 420 g/mol. The second kappa shape index (κ2) is 10.5. The minimum atomic E-state index is -0.292. The van der Waals surface area contributed by atoms with E-state index in [1.807, 2.05) is 30.0 Å². The molecule has 1 N–H and O–H groups in total. The number of hydrogen-bond donors (Lipinski definition) is 1. The van der Waals surface area contributed by atoms with E-state index in [0.29, 0.717) is 37.7 Å². The van der Waals surface area contributed by atoms with E-state index >= 15 is 0 Å². The zero-order valence-corrected chi connectivity index (χ0v) is 17.6. The van der Waals surface area contributed by atoms with Crippen molar-refractivity contribution < 1.29 is 14.3 Å². The van der Waals surface area contributed by atoms with Gasteiger partial charge < -0.3 is 15.0 Å². The number of hydrogen-bond acceptors (Lipinski definition) is 6. The normalized spacial score (nSPS) is 13.1. The van der Waals surface area contributed by atoms with Gasteiger partial charge in [-0.3, -0.25) is 4.79 Å². The van der Waals surface area contributed by atoms with Crippen molar-refractivity contribution >= 4 is 40.2 Å². The summed E-state index contributed by atoms with van der Waals surface area (Å²) < 4.78 is 5.06. The molecule has 6 nitrogen and oxygen atoms in total. The molecular weight excluding hydrogens is 394 g/mol. The number of thioether (sulfide) groups is 1. The van der Waals surface area contributed by atoms with Gasteiger partial charge in [-0.1, -0.05) is 41.7 Å². The van der Waals surface area contributed by atoms with Crippen LogP contribution in [0.5, 0.6) is 0 Å². The lowest BCUT2D eigenvalue weighted by molar-refractivity contribution is -0.116. The predicted octanol–water partition coefficient (Wildman–Crippen LogP) is 4.31. The molecule has 150 valence electrons.